The van der Waals surface area contributed by atoms with Crippen LogP contribution in [-0.2, 0) is 16.1 Å². The van der Waals surface area contributed by atoms with Crippen molar-refractivity contribution in [3.63, 3.8) is 0 Å². The Morgan fingerprint density at radius 1 is 1.57 bits per heavy atom. The fraction of sp³-hybridized carbons (Fsp3) is 0.500. The molecule has 1 unspecified atom stereocenters. The van der Waals surface area contributed by atoms with Gasteiger partial charge in [0, 0.05) is 37.3 Å². The number of ether oxygens (including phenoxy) is 1. The Kier molecular flexibility index (Phi) is 7.39. The van der Waals surface area contributed by atoms with Crippen LogP contribution in [0.15, 0.2) is 18.2 Å². The molecule has 4 nitrogen and oxygen atoms in total. The molecule has 0 spiro atoms. The Labute approximate surface area is 135 Å². The van der Waals surface area contributed by atoms with E-state index in [0.717, 1.165) is 6.54 Å². The average molecular weight is 337 g/mol. The highest BCUT2D eigenvalue weighted by Gasteiger charge is 2.21. The summed E-state index contributed by atoms with van der Waals surface area (Å²) in [7, 11) is 1.64. The minimum atomic E-state index is -0.396. The van der Waals surface area contributed by atoms with E-state index in [2.05, 4.69) is 5.32 Å². The number of hydrogen-bond acceptors (Lipinski definition) is 3. The van der Waals surface area contributed by atoms with E-state index in [1.807, 2.05) is 0 Å². The van der Waals surface area contributed by atoms with Gasteiger partial charge in [-0.1, -0.05) is 17.7 Å². The lowest BCUT2D eigenvalue weighted by atomic mass is 10.1. The van der Waals surface area contributed by atoms with Gasteiger partial charge in [-0.2, -0.15) is 0 Å². The smallest absolute Gasteiger partial charge is 0.225 e. The zero-order valence-electron chi connectivity index (χ0n) is 11.8. The summed E-state index contributed by atoms with van der Waals surface area (Å²) in [6, 6.07) is 4.50. The molecule has 0 radical (unpaired) electrons. The Morgan fingerprint density at radius 3 is 2.95 bits per heavy atom. The fourth-order valence-electron chi connectivity index (χ4n) is 2.11. The summed E-state index contributed by atoms with van der Waals surface area (Å²) in [4.78, 5) is 13.6. The molecule has 1 fully saturated rings. The van der Waals surface area contributed by atoms with Crippen LogP contribution in [-0.4, -0.2) is 43.7 Å². The van der Waals surface area contributed by atoms with Gasteiger partial charge in [-0.25, -0.2) is 4.39 Å². The monoisotopic (exact) mass is 336 g/mol. The summed E-state index contributed by atoms with van der Waals surface area (Å²) < 4.78 is 19.2. The summed E-state index contributed by atoms with van der Waals surface area (Å²) in [6.07, 6.45) is 0.171. The molecule has 1 heterocycles. The number of morpholine rings is 1. The number of carbonyl (C=O) groups excluding carboxylic acids is 1. The molecule has 1 atom stereocenters. The third-order valence-electron chi connectivity index (χ3n) is 3.29. The van der Waals surface area contributed by atoms with Crippen LogP contribution in [0.1, 0.15) is 12.0 Å². The minimum Gasteiger partial charge on any atom is -0.375 e. The largest absolute Gasteiger partial charge is 0.375 e. The van der Waals surface area contributed by atoms with E-state index in [9.17, 15) is 9.18 Å². The van der Waals surface area contributed by atoms with Crippen molar-refractivity contribution in [3.05, 3.63) is 34.6 Å². The standard InChI is InChI=1S/C14H18ClFN2O2.ClH/c1-18(9-11-12(15)3-2-4-13(11)16)14(19)7-10-8-17-5-6-20-10;/h2-4,10,17H,5-9H2,1H3;1H. The molecule has 1 aromatic rings. The van der Waals surface area contributed by atoms with E-state index in [4.69, 9.17) is 16.3 Å². The molecule has 7 heteroatoms. The van der Waals surface area contributed by atoms with Crippen molar-refractivity contribution in [2.75, 3.05) is 26.7 Å². The molecule has 1 N–H and O–H groups in total. The van der Waals surface area contributed by atoms with Gasteiger partial charge in [0.2, 0.25) is 5.91 Å². The average Bonchev–Trinajstić information content (AvgIpc) is 2.44. The van der Waals surface area contributed by atoms with Gasteiger partial charge in [-0.15, -0.1) is 12.4 Å². The number of nitrogens with zero attached hydrogens (tertiary/aromatic N) is 1. The summed E-state index contributed by atoms with van der Waals surface area (Å²) in [5.74, 6) is -0.481. The number of rotatable bonds is 4. The molecule has 118 valence electrons. The van der Waals surface area contributed by atoms with Crippen LogP contribution in [0.25, 0.3) is 0 Å². The first-order chi connectivity index (χ1) is 9.58. The Balaban J connectivity index is 0.00000220. The predicted octanol–water partition coefficient (Wildman–Crippen LogP) is 2.24. The van der Waals surface area contributed by atoms with Crippen LogP contribution in [0.4, 0.5) is 4.39 Å². The lowest BCUT2D eigenvalue weighted by molar-refractivity contribution is -0.134. The maximum Gasteiger partial charge on any atom is 0.225 e. The lowest BCUT2D eigenvalue weighted by Crippen LogP contribution is -2.41. The molecule has 1 amide bonds. The van der Waals surface area contributed by atoms with E-state index < -0.39 is 5.82 Å². The maximum atomic E-state index is 13.7. The Hall–Kier alpha value is -0.880. The molecule has 0 saturated carbocycles. The van der Waals surface area contributed by atoms with Crippen molar-refractivity contribution in [3.8, 4) is 0 Å². The molecule has 1 aliphatic rings. The van der Waals surface area contributed by atoms with Gasteiger partial charge in [0.15, 0.2) is 0 Å². The van der Waals surface area contributed by atoms with Crippen LogP contribution in [0.5, 0.6) is 0 Å². The zero-order valence-corrected chi connectivity index (χ0v) is 13.3. The summed E-state index contributed by atoms with van der Waals surface area (Å²) in [6.45, 7) is 2.25. The van der Waals surface area contributed by atoms with Crippen molar-refractivity contribution < 1.29 is 13.9 Å². The molecular weight excluding hydrogens is 318 g/mol. The van der Waals surface area contributed by atoms with Crippen LogP contribution < -0.4 is 5.32 Å². The van der Waals surface area contributed by atoms with Crippen molar-refractivity contribution >= 4 is 29.9 Å². The molecule has 0 aliphatic carbocycles. The topological polar surface area (TPSA) is 41.6 Å². The second-order valence-corrected chi connectivity index (χ2v) is 5.26. The minimum absolute atomic E-state index is 0. The fourth-order valence-corrected chi connectivity index (χ4v) is 2.33. The van der Waals surface area contributed by atoms with Gasteiger partial charge >= 0.3 is 0 Å². The van der Waals surface area contributed by atoms with Gasteiger partial charge in [-0.3, -0.25) is 4.79 Å². The van der Waals surface area contributed by atoms with Crippen LogP contribution in [0.2, 0.25) is 5.02 Å². The van der Waals surface area contributed by atoms with Gasteiger partial charge in [0.25, 0.3) is 0 Å². The number of hydrogen-bond donors (Lipinski definition) is 1. The van der Waals surface area contributed by atoms with Crippen LogP contribution in [0.3, 0.4) is 0 Å². The molecule has 1 aromatic carbocycles. The molecule has 0 bridgehead atoms. The molecular formula is C14H19Cl2FN2O2. The first-order valence-corrected chi connectivity index (χ1v) is 6.95. The lowest BCUT2D eigenvalue weighted by Gasteiger charge is -2.25. The van der Waals surface area contributed by atoms with Crippen LogP contribution >= 0.6 is 24.0 Å². The highest BCUT2D eigenvalue weighted by Crippen LogP contribution is 2.20. The number of benzene rings is 1. The van der Waals surface area contributed by atoms with E-state index in [-0.39, 0.29) is 37.4 Å². The first kappa shape index (κ1) is 18.2. The quantitative estimate of drug-likeness (QED) is 0.916. The zero-order chi connectivity index (χ0) is 14.5. The molecule has 1 saturated heterocycles. The predicted molar refractivity (Wildman–Crippen MR) is 82.4 cm³/mol. The van der Waals surface area contributed by atoms with E-state index >= 15 is 0 Å². The Morgan fingerprint density at radius 2 is 2.33 bits per heavy atom. The second-order valence-electron chi connectivity index (χ2n) is 4.85. The van der Waals surface area contributed by atoms with Gasteiger partial charge in [0.05, 0.1) is 19.1 Å². The van der Waals surface area contributed by atoms with Gasteiger partial charge in [-0.05, 0) is 12.1 Å². The first-order valence-electron chi connectivity index (χ1n) is 6.57. The normalized spacial score (nSPS) is 18.0. The second kappa shape index (κ2) is 8.54. The maximum absolute atomic E-state index is 13.7. The molecule has 1 aliphatic heterocycles. The molecule has 0 aromatic heterocycles. The van der Waals surface area contributed by atoms with Gasteiger partial charge < -0.3 is 15.0 Å². The van der Waals surface area contributed by atoms with E-state index in [1.165, 1.54) is 11.0 Å². The third kappa shape index (κ3) is 5.11. The van der Waals surface area contributed by atoms with Crippen molar-refractivity contribution in [1.29, 1.82) is 0 Å². The highest BCUT2D eigenvalue weighted by molar-refractivity contribution is 6.31. The van der Waals surface area contributed by atoms with Crippen molar-refractivity contribution in [2.24, 2.45) is 0 Å². The molecule has 21 heavy (non-hydrogen) atoms. The summed E-state index contributed by atoms with van der Waals surface area (Å²) in [5, 5.41) is 3.50. The van der Waals surface area contributed by atoms with E-state index in [1.54, 1.807) is 19.2 Å². The number of amides is 1. The van der Waals surface area contributed by atoms with Crippen LogP contribution in [0, 0.1) is 5.82 Å². The van der Waals surface area contributed by atoms with Crippen molar-refractivity contribution in [2.45, 2.75) is 19.1 Å². The third-order valence-corrected chi connectivity index (χ3v) is 3.64. The Bertz CT molecular complexity index is 462. The SMILES string of the molecule is CN(Cc1c(F)cccc1Cl)C(=O)CC1CNCCO1.Cl. The number of nitrogens with one attached hydrogen (secondary N) is 1. The number of halogens is 3. The molecule has 2 rings (SSSR count). The summed E-state index contributed by atoms with van der Waals surface area (Å²) in [5.41, 5.74) is 0.340. The summed E-state index contributed by atoms with van der Waals surface area (Å²) >= 11 is 5.96. The van der Waals surface area contributed by atoms with Crippen molar-refractivity contribution in [1.82, 2.24) is 10.2 Å². The number of carbonyl (C=O) groups is 1. The van der Waals surface area contributed by atoms with E-state index in [0.29, 0.717) is 23.7 Å². The van der Waals surface area contributed by atoms with Gasteiger partial charge in [0.1, 0.15) is 5.82 Å². The highest BCUT2D eigenvalue weighted by atomic mass is 35.5.